The Hall–Kier alpha value is -0.0500. The standard InChI is InChI=1S/C10H18BrNO/c1-2-10(13)12-7-8-3-5-9(11)6-4-8/h8-9H,2-7H2,1H3,(H,12,13). The Balaban J connectivity index is 2.12. The molecule has 13 heavy (non-hydrogen) atoms. The van der Waals surface area contributed by atoms with Crippen molar-refractivity contribution in [2.75, 3.05) is 6.54 Å². The fourth-order valence-electron chi connectivity index (χ4n) is 1.71. The number of carbonyl (C=O) groups is 1. The Kier molecular flexibility index (Phi) is 4.78. The third kappa shape index (κ3) is 4.12. The fourth-order valence-corrected chi connectivity index (χ4v) is 2.24. The predicted octanol–water partition coefficient (Wildman–Crippen LogP) is 2.47. The number of nitrogens with one attached hydrogen (secondary N) is 1. The first-order chi connectivity index (χ1) is 6.22. The highest BCUT2D eigenvalue weighted by molar-refractivity contribution is 9.09. The minimum atomic E-state index is 0.181. The Morgan fingerprint density at radius 2 is 2.00 bits per heavy atom. The van der Waals surface area contributed by atoms with Gasteiger partial charge in [-0.25, -0.2) is 0 Å². The highest BCUT2D eigenvalue weighted by atomic mass is 79.9. The molecule has 0 aromatic rings. The van der Waals surface area contributed by atoms with Gasteiger partial charge in [-0.3, -0.25) is 4.79 Å². The molecule has 1 aliphatic carbocycles. The maximum Gasteiger partial charge on any atom is 0.219 e. The molecule has 0 aliphatic heterocycles. The zero-order valence-corrected chi connectivity index (χ0v) is 9.77. The highest BCUT2D eigenvalue weighted by Crippen LogP contribution is 2.27. The van der Waals surface area contributed by atoms with Crippen molar-refractivity contribution in [1.29, 1.82) is 0 Å². The molecule has 1 N–H and O–H groups in total. The van der Waals surface area contributed by atoms with Crippen LogP contribution in [0.2, 0.25) is 0 Å². The summed E-state index contributed by atoms with van der Waals surface area (Å²) in [7, 11) is 0. The molecule has 0 atom stereocenters. The summed E-state index contributed by atoms with van der Waals surface area (Å²) >= 11 is 3.62. The van der Waals surface area contributed by atoms with Gasteiger partial charge in [0.2, 0.25) is 5.91 Å². The molecule has 1 rings (SSSR count). The van der Waals surface area contributed by atoms with Gasteiger partial charge in [0, 0.05) is 17.8 Å². The van der Waals surface area contributed by atoms with E-state index in [0.717, 1.165) is 6.54 Å². The molecule has 0 spiro atoms. The predicted molar refractivity (Wildman–Crippen MR) is 58.0 cm³/mol. The summed E-state index contributed by atoms with van der Waals surface area (Å²) in [4.78, 5) is 11.7. The van der Waals surface area contributed by atoms with Crippen LogP contribution < -0.4 is 5.32 Å². The Morgan fingerprint density at radius 1 is 1.38 bits per heavy atom. The first kappa shape index (κ1) is 11.0. The van der Waals surface area contributed by atoms with Crippen LogP contribution in [-0.2, 0) is 4.79 Å². The lowest BCUT2D eigenvalue weighted by atomic mass is 9.89. The van der Waals surface area contributed by atoms with Gasteiger partial charge in [-0.05, 0) is 31.6 Å². The topological polar surface area (TPSA) is 29.1 Å². The summed E-state index contributed by atoms with van der Waals surface area (Å²) in [5.41, 5.74) is 0. The lowest BCUT2D eigenvalue weighted by molar-refractivity contribution is -0.121. The highest BCUT2D eigenvalue weighted by Gasteiger charge is 2.19. The zero-order chi connectivity index (χ0) is 9.68. The Labute approximate surface area is 88.6 Å². The monoisotopic (exact) mass is 247 g/mol. The molecule has 3 heteroatoms. The number of hydrogen-bond donors (Lipinski definition) is 1. The molecule has 0 unspecified atom stereocenters. The van der Waals surface area contributed by atoms with Crippen LogP contribution in [0.5, 0.6) is 0 Å². The van der Waals surface area contributed by atoms with Gasteiger partial charge < -0.3 is 5.32 Å². The van der Waals surface area contributed by atoms with Crippen LogP contribution in [0, 0.1) is 5.92 Å². The molecule has 0 bridgehead atoms. The lowest BCUT2D eigenvalue weighted by Crippen LogP contribution is -2.30. The number of amides is 1. The second-order valence-electron chi connectivity index (χ2n) is 3.78. The summed E-state index contributed by atoms with van der Waals surface area (Å²) in [5, 5.41) is 2.96. The van der Waals surface area contributed by atoms with Crippen molar-refractivity contribution in [3.63, 3.8) is 0 Å². The van der Waals surface area contributed by atoms with Gasteiger partial charge in [-0.15, -0.1) is 0 Å². The van der Waals surface area contributed by atoms with Gasteiger partial charge in [-0.2, -0.15) is 0 Å². The van der Waals surface area contributed by atoms with Gasteiger partial charge in [0.1, 0.15) is 0 Å². The number of hydrogen-bond acceptors (Lipinski definition) is 1. The van der Waals surface area contributed by atoms with Crippen LogP contribution in [0.1, 0.15) is 39.0 Å². The average molecular weight is 248 g/mol. The quantitative estimate of drug-likeness (QED) is 0.764. The van der Waals surface area contributed by atoms with Crippen LogP contribution in [0.15, 0.2) is 0 Å². The summed E-state index contributed by atoms with van der Waals surface area (Å²) in [5.74, 6) is 0.894. The Morgan fingerprint density at radius 3 is 2.54 bits per heavy atom. The molecule has 1 fully saturated rings. The van der Waals surface area contributed by atoms with E-state index in [4.69, 9.17) is 0 Å². The van der Waals surface area contributed by atoms with Crippen LogP contribution >= 0.6 is 15.9 Å². The van der Waals surface area contributed by atoms with E-state index in [1.807, 2.05) is 6.92 Å². The lowest BCUT2D eigenvalue weighted by Gasteiger charge is -2.25. The van der Waals surface area contributed by atoms with E-state index in [1.54, 1.807) is 0 Å². The molecule has 2 nitrogen and oxygen atoms in total. The van der Waals surface area contributed by atoms with Crippen molar-refractivity contribution >= 4 is 21.8 Å². The van der Waals surface area contributed by atoms with E-state index in [0.29, 0.717) is 17.2 Å². The number of rotatable bonds is 3. The Bertz CT molecular complexity index is 164. The van der Waals surface area contributed by atoms with Crippen LogP contribution in [-0.4, -0.2) is 17.3 Å². The van der Waals surface area contributed by atoms with Crippen molar-refractivity contribution in [3.05, 3.63) is 0 Å². The molecule has 1 saturated carbocycles. The average Bonchev–Trinajstić information content (AvgIpc) is 2.16. The number of halogens is 1. The van der Waals surface area contributed by atoms with Gasteiger partial charge in [0.05, 0.1) is 0 Å². The van der Waals surface area contributed by atoms with Crippen molar-refractivity contribution in [2.24, 2.45) is 5.92 Å². The second kappa shape index (κ2) is 5.63. The van der Waals surface area contributed by atoms with Crippen LogP contribution in [0.3, 0.4) is 0 Å². The van der Waals surface area contributed by atoms with Crippen LogP contribution in [0.4, 0.5) is 0 Å². The normalized spacial score (nSPS) is 28.5. The molecule has 76 valence electrons. The van der Waals surface area contributed by atoms with Gasteiger partial charge in [-0.1, -0.05) is 22.9 Å². The van der Waals surface area contributed by atoms with E-state index in [1.165, 1.54) is 25.7 Å². The van der Waals surface area contributed by atoms with Crippen molar-refractivity contribution in [1.82, 2.24) is 5.32 Å². The molecular weight excluding hydrogens is 230 g/mol. The van der Waals surface area contributed by atoms with Gasteiger partial charge in [0.15, 0.2) is 0 Å². The molecular formula is C10H18BrNO. The maximum atomic E-state index is 11.0. The van der Waals surface area contributed by atoms with E-state index < -0.39 is 0 Å². The minimum absolute atomic E-state index is 0.181. The summed E-state index contributed by atoms with van der Waals surface area (Å²) in [6.07, 6.45) is 5.62. The molecule has 0 radical (unpaired) electrons. The first-order valence-corrected chi connectivity index (χ1v) is 6.04. The number of alkyl halides is 1. The van der Waals surface area contributed by atoms with Crippen molar-refractivity contribution in [2.45, 2.75) is 43.9 Å². The van der Waals surface area contributed by atoms with E-state index >= 15 is 0 Å². The van der Waals surface area contributed by atoms with E-state index in [-0.39, 0.29) is 5.91 Å². The first-order valence-electron chi connectivity index (χ1n) is 5.13. The fraction of sp³-hybridized carbons (Fsp3) is 0.900. The molecule has 0 saturated heterocycles. The molecule has 1 amide bonds. The van der Waals surface area contributed by atoms with Crippen molar-refractivity contribution in [3.8, 4) is 0 Å². The zero-order valence-electron chi connectivity index (χ0n) is 8.18. The third-order valence-corrected chi connectivity index (χ3v) is 3.60. The van der Waals surface area contributed by atoms with Gasteiger partial charge >= 0.3 is 0 Å². The van der Waals surface area contributed by atoms with E-state index in [2.05, 4.69) is 21.2 Å². The third-order valence-electron chi connectivity index (χ3n) is 2.69. The smallest absolute Gasteiger partial charge is 0.219 e. The number of carbonyl (C=O) groups excluding carboxylic acids is 1. The van der Waals surface area contributed by atoms with E-state index in [9.17, 15) is 4.79 Å². The second-order valence-corrected chi connectivity index (χ2v) is 5.07. The van der Waals surface area contributed by atoms with Gasteiger partial charge in [0.25, 0.3) is 0 Å². The summed E-state index contributed by atoms with van der Waals surface area (Å²) in [6, 6.07) is 0. The molecule has 0 aromatic carbocycles. The van der Waals surface area contributed by atoms with Crippen molar-refractivity contribution < 1.29 is 4.79 Å². The maximum absolute atomic E-state index is 11.0. The molecule has 1 aliphatic rings. The minimum Gasteiger partial charge on any atom is -0.356 e. The SMILES string of the molecule is CCC(=O)NCC1CCC(Br)CC1. The van der Waals surface area contributed by atoms with Crippen LogP contribution in [0.25, 0.3) is 0 Å². The molecule has 0 aromatic heterocycles. The molecule has 0 heterocycles. The summed E-state index contributed by atoms with van der Waals surface area (Å²) < 4.78 is 0. The summed E-state index contributed by atoms with van der Waals surface area (Å²) in [6.45, 7) is 2.77. The largest absolute Gasteiger partial charge is 0.356 e.